The van der Waals surface area contributed by atoms with E-state index >= 15 is 0 Å². The van der Waals surface area contributed by atoms with Gasteiger partial charge in [0.2, 0.25) is 0 Å². The second-order valence-corrected chi connectivity index (χ2v) is 5.65. The van der Waals surface area contributed by atoms with Crippen LogP contribution in [0.15, 0.2) is 48.5 Å². The van der Waals surface area contributed by atoms with E-state index in [1.165, 1.54) is 6.08 Å². The van der Waals surface area contributed by atoms with Crippen LogP contribution in [0.5, 0.6) is 0 Å². The molecular formula is C20H21NO3. The topological polar surface area (TPSA) is 55.4 Å². The summed E-state index contributed by atoms with van der Waals surface area (Å²) in [5.41, 5.74) is 4.86. The first-order valence-electron chi connectivity index (χ1n) is 7.73. The number of hydrogen-bond donors (Lipinski definition) is 1. The Hall–Kier alpha value is -2.88. The number of esters is 1. The Kier molecular flexibility index (Phi) is 5.90. The van der Waals surface area contributed by atoms with Gasteiger partial charge in [-0.3, -0.25) is 4.79 Å². The Labute approximate surface area is 142 Å². The van der Waals surface area contributed by atoms with Gasteiger partial charge in [0.1, 0.15) is 0 Å². The fourth-order valence-corrected chi connectivity index (χ4v) is 2.10. The predicted octanol–water partition coefficient (Wildman–Crippen LogP) is 3.81. The molecule has 4 heteroatoms. The Morgan fingerprint density at radius 3 is 2.46 bits per heavy atom. The largest absolute Gasteiger partial charge is 0.452 e. The molecule has 0 aromatic heterocycles. The zero-order valence-electron chi connectivity index (χ0n) is 14.1. The maximum atomic E-state index is 11.9. The van der Waals surface area contributed by atoms with Crippen LogP contribution in [-0.2, 0) is 14.3 Å². The van der Waals surface area contributed by atoms with E-state index in [0.29, 0.717) is 0 Å². The van der Waals surface area contributed by atoms with Crippen molar-refractivity contribution in [1.29, 1.82) is 0 Å². The quantitative estimate of drug-likeness (QED) is 0.672. The second-order valence-electron chi connectivity index (χ2n) is 5.65. The molecule has 0 saturated heterocycles. The molecular weight excluding hydrogens is 302 g/mol. The van der Waals surface area contributed by atoms with Gasteiger partial charge >= 0.3 is 5.97 Å². The minimum atomic E-state index is -0.549. The summed E-state index contributed by atoms with van der Waals surface area (Å²) in [4.78, 5) is 23.6. The van der Waals surface area contributed by atoms with Crippen LogP contribution in [0.4, 0.5) is 5.69 Å². The number of ether oxygens (including phenoxy) is 1. The van der Waals surface area contributed by atoms with Crippen LogP contribution in [0.1, 0.15) is 22.3 Å². The van der Waals surface area contributed by atoms with Crippen molar-refractivity contribution in [2.24, 2.45) is 0 Å². The Morgan fingerprint density at radius 2 is 1.75 bits per heavy atom. The van der Waals surface area contributed by atoms with Crippen LogP contribution in [0, 0.1) is 20.8 Å². The zero-order chi connectivity index (χ0) is 17.5. The Bertz CT molecular complexity index is 761. The molecule has 0 aliphatic carbocycles. The highest BCUT2D eigenvalue weighted by Gasteiger charge is 2.08. The van der Waals surface area contributed by atoms with Crippen LogP contribution in [0.2, 0.25) is 0 Å². The van der Waals surface area contributed by atoms with E-state index in [4.69, 9.17) is 4.74 Å². The number of benzene rings is 2. The smallest absolute Gasteiger partial charge is 0.331 e. The van der Waals surface area contributed by atoms with Gasteiger partial charge in [-0.25, -0.2) is 4.79 Å². The van der Waals surface area contributed by atoms with Crippen LogP contribution in [-0.4, -0.2) is 18.5 Å². The standard InChI is InChI=1S/C20H21NO3/c1-14-7-9-17(10-8-14)11-12-20(23)24-13-19(22)21-18-6-4-5-15(2)16(18)3/h4-12H,13H2,1-3H3,(H,21,22). The molecule has 0 spiro atoms. The van der Waals surface area contributed by atoms with Crippen molar-refractivity contribution in [3.8, 4) is 0 Å². The monoisotopic (exact) mass is 323 g/mol. The van der Waals surface area contributed by atoms with E-state index < -0.39 is 5.97 Å². The summed E-state index contributed by atoms with van der Waals surface area (Å²) >= 11 is 0. The molecule has 0 aliphatic heterocycles. The third kappa shape index (κ3) is 5.09. The lowest BCUT2D eigenvalue weighted by atomic mass is 10.1. The number of carbonyl (C=O) groups excluding carboxylic acids is 2. The van der Waals surface area contributed by atoms with Gasteiger partial charge in [-0.1, -0.05) is 42.0 Å². The molecule has 1 amide bonds. The lowest BCUT2D eigenvalue weighted by Crippen LogP contribution is -2.20. The number of hydrogen-bond acceptors (Lipinski definition) is 3. The first-order chi connectivity index (χ1) is 11.5. The van der Waals surface area contributed by atoms with Crippen molar-refractivity contribution in [2.45, 2.75) is 20.8 Å². The number of anilines is 1. The van der Waals surface area contributed by atoms with Gasteiger partial charge in [-0.05, 0) is 49.6 Å². The molecule has 24 heavy (non-hydrogen) atoms. The maximum absolute atomic E-state index is 11.9. The molecule has 2 aromatic rings. The van der Waals surface area contributed by atoms with Crippen LogP contribution in [0.25, 0.3) is 6.08 Å². The van der Waals surface area contributed by atoms with Crippen LogP contribution >= 0.6 is 0 Å². The number of amides is 1. The molecule has 0 heterocycles. The summed E-state index contributed by atoms with van der Waals surface area (Å²) in [6, 6.07) is 13.4. The highest BCUT2D eigenvalue weighted by molar-refractivity contribution is 5.95. The lowest BCUT2D eigenvalue weighted by molar-refractivity contribution is -0.142. The number of nitrogens with one attached hydrogen (secondary N) is 1. The molecule has 0 fully saturated rings. The van der Waals surface area contributed by atoms with Crippen molar-refractivity contribution in [3.63, 3.8) is 0 Å². The van der Waals surface area contributed by atoms with E-state index in [0.717, 1.165) is 27.9 Å². The average molecular weight is 323 g/mol. The molecule has 1 N–H and O–H groups in total. The molecule has 0 atom stereocenters. The second kappa shape index (κ2) is 8.11. The van der Waals surface area contributed by atoms with Gasteiger partial charge in [0, 0.05) is 11.8 Å². The van der Waals surface area contributed by atoms with Crippen molar-refractivity contribution in [2.75, 3.05) is 11.9 Å². The van der Waals surface area contributed by atoms with Gasteiger partial charge in [0.15, 0.2) is 6.61 Å². The molecule has 2 rings (SSSR count). The van der Waals surface area contributed by atoms with Crippen molar-refractivity contribution in [1.82, 2.24) is 0 Å². The SMILES string of the molecule is Cc1ccc(C=CC(=O)OCC(=O)Nc2cccc(C)c2C)cc1. The normalized spacial score (nSPS) is 10.6. The van der Waals surface area contributed by atoms with E-state index in [1.54, 1.807) is 6.08 Å². The minimum Gasteiger partial charge on any atom is -0.452 e. The minimum absolute atomic E-state index is 0.315. The fourth-order valence-electron chi connectivity index (χ4n) is 2.10. The van der Waals surface area contributed by atoms with E-state index in [-0.39, 0.29) is 12.5 Å². The number of aryl methyl sites for hydroxylation is 2. The van der Waals surface area contributed by atoms with Crippen LogP contribution < -0.4 is 5.32 Å². The van der Waals surface area contributed by atoms with Crippen molar-refractivity contribution < 1.29 is 14.3 Å². The van der Waals surface area contributed by atoms with Crippen molar-refractivity contribution in [3.05, 3.63) is 70.8 Å². The summed E-state index contributed by atoms with van der Waals surface area (Å²) in [5, 5.41) is 2.75. The van der Waals surface area contributed by atoms with Gasteiger partial charge in [0.25, 0.3) is 5.91 Å². The predicted molar refractivity (Wildman–Crippen MR) is 95.7 cm³/mol. The zero-order valence-corrected chi connectivity index (χ0v) is 14.1. The Morgan fingerprint density at radius 1 is 1.04 bits per heavy atom. The molecule has 0 radical (unpaired) electrons. The highest BCUT2D eigenvalue weighted by atomic mass is 16.5. The summed E-state index contributed by atoms with van der Waals surface area (Å²) in [6.07, 6.45) is 2.97. The Balaban J connectivity index is 1.84. The summed E-state index contributed by atoms with van der Waals surface area (Å²) in [5.74, 6) is -0.910. The summed E-state index contributed by atoms with van der Waals surface area (Å²) in [6.45, 7) is 5.59. The molecule has 124 valence electrons. The number of rotatable bonds is 5. The van der Waals surface area contributed by atoms with Crippen molar-refractivity contribution >= 4 is 23.6 Å². The third-order valence-electron chi connectivity index (χ3n) is 3.71. The lowest BCUT2D eigenvalue weighted by Gasteiger charge is -2.10. The third-order valence-corrected chi connectivity index (χ3v) is 3.71. The summed E-state index contributed by atoms with van der Waals surface area (Å²) < 4.78 is 4.95. The first-order valence-corrected chi connectivity index (χ1v) is 7.73. The number of carbonyl (C=O) groups is 2. The molecule has 0 saturated carbocycles. The van der Waals surface area contributed by atoms with E-state index in [2.05, 4.69) is 5.32 Å². The molecule has 4 nitrogen and oxygen atoms in total. The van der Waals surface area contributed by atoms with Gasteiger partial charge in [-0.2, -0.15) is 0 Å². The first kappa shape index (κ1) is 17.5. The molecule has 0 unspecified atom stereocenters. The van der Waals surface area contributed by atoms with Crippen LogP contribution in [0.3, 0.4) is 0 Å². The average Bonchev–Trinajstić information content (AvgIpc) is 2.56. The molecule has 0 aliphatic rings. The van der Waals surface area contributed by atoms with Gasteiger partial charge in [-0.15, -0.1) is 0 Å². The molecule has 0 bridgehead atoms. The van der Waals surface area contributed by atoms with Gasteiger partial charge < -0.3 is 10.1 Å². The van der Waals surface area contributed by atoms with E-state index in [1.807, 2.05) is 63.2 Å². The van der Waals surface area contributed by atoms with E-state index in [9.17, 15) is 9.59 Å². The molecule has 2 aromatic carbocycles. The summed E-state index contributed by atoms with van der Waals surface area (Å²) in [7, 11) is 0. The highest BCUT2D eigenvalue weighted by Crippen LogP contribution is 2.17. The van der Waals surface area contributed by atoms with Gasteiger partial charge in [0.05, 0.1) is 0 Å². The fraction of sp³-hybridized carbons (Fsp3) is 0.200. The maximum Gasteiger partial charge on any atom is 0.331 e.